The lowest BCUT2D eigenvalue weighted by molar-refractivity contribution is 0.102. The number of likely N-dealkylation sites (N-methyl/N-ethyl adjacent to an activating group) is 1. The van der Waals surface area contributed by atoms with Crippen molar-refractivity contribution in [3.63, 3.8) is 0 Å². The molecule has 0 unspecified atom stereocenters. The van der Waals surface area contributed by atoms with Gasteiger partial charge in [0.1, 0.15) is 0 Å². The molecule has 0 fully saturated rings. The Kier molecular flexibility index (Phi) is 5.93. The van der Waals surface area contributed by atoms with Crippen molar-refractivity contribution >= 4 is 11.7 Å². The Balaban J connectivity index is 1.61. The van der Waals surface area contributed by atoms with Crippen LogP contribution in [0.5, 0.6) is 0 Å². The topological polar surface area (TPSA) is 75.9 Å². The quantitative estimate of drug-likeness (QED) is 0.697. The molecule has 0 aliphatic heterocycles. The van der Waals surface area contributed by atoms with E-state index in [1.54, 1.807) is 24.0 Å². The predicted molar refractivity (Wildman–Crippen MR) is 104 cm³/mol. The van der Waals surface area contributed by atoms with Gasteiger partial charge in [-0.05, 0) is 43.8 Å². The molecule has 0 radical (unpaired) electrons. The number of nitrogens with one attached hydrogen (secondary N) is 1. The van der Waals surface area contributed by atoms with E-state index in [0.29, 0.717) is 17.4 Å². The molecule has 0 bridgehead atoms. The van der Waals surface area contributed by atoms with Gasteiger partial charge in [0, 0.05) is 43.5 Å². The van der Waals surface area contributed by atoms with Crippen molar-refractivity contribution in [2.45, 2.75) is 25.9 Å². The zero-order valence-electron chi connectivity index (χ0n) is 15.8. The minimum atomic E-state index is -0.193. The number of hydrogen-bond acceptors (Lipinski definition) is 5. The van der Waals surface area contributed by atoms with E-state index < -0.39 is 0 Å². The van der Waals surface area contributed by atoms with E-state index in [9.17, 15) is 4.79 Å². The molecule has 7 heteroatoms. The molecule has 0 aliphatic rings. The van der Waals surface area contributed by atoms with Crippen LogP contribution in [0.4, 0.5) is 5.82 Å². The predicted octanol–water partition coefficient (Wildman–Crippen LogP) is 2.53. The number of benzene rings is 1. The highest BCUT2D eigenvalue weighted by Crippen LogP contribution is 2.13. The van der Waals surface area contributed by atoms with Crippen LogP contribution in [0.1, 0.15) is 28.5 Å². The zero-order valence-corrected chi connectivity index (χ0v) is 15.8. The summed E-state index contributed by atoms with van der Waals surface area (Å²) in [4.78, 5) is 19.1. The first-order valence-electron chi connectivity index (χ1n) is 8.88. The largest absolute Gasteiger partial charge is 0.304 e. The monoisotopic (exact) mass is 364 g/mol. The summed E-state index contributed by atoms with van der Waals surface area (Å²) >= 11 is 0. The Hall–Kier alpha value is -3.06. The number of amides is 1. The number of aromatic nitrogens is 4. The third-order valence-corrected chi connectivity index (χ3v) is 4.45. The normalized spacial score (nSPS) is 12.1. The molecular weight excluding hydrogens is 340 g/mol. The van der Waals surface area contributed by atoms with E-state index in [4.69, 9.17) is 0 Å². The Labute approximate surface area is 159 Å². The summed E-state index contributed by atoms with van der Waals surface area (Å²) in [7, 11) is 3.84. The molecule has 1 N–H and O–H groups in total. The summed E-state index contributed by atoms with van der Waals surface area (Å²) < 4.78 is 1.55. The fourth-order valence-electron chi connectivity index (χ4n) is 2.83. The number of pyridine rings is 1. The van der Waals surface area contributed by atoms with Gasteiger partial charge >= 0.3 is 0 Å². The van der Waals surface area contributed by atoms with Crippen LogP contribution in [0, 0.1) is 0 Å². The molecule has 2 heterocycles. The number of hydrogen-bond donors (Lipinski definition) is 1. The van der Waals surface area contributed by atoms with Crippen molar-refractivity contribution < 1.29 is 4.79 Å². The van der Waals surface area contributed by atoms with E-state index in [-0.39, 0.29) is 5.91 Å². The molecule has 0 saturated heterocycles. The molecule has 1 atom stereocenters. The highest BCUT2D eigenvalue weighted by molar-refractivity contribution is 6.03. The molecule has 1 amide bonds. The molecule has 140 valence electrons. The van der Waals surface area contributed by atoms with Gasteiger partial charge in [0.25, 0.3) is 5.91 Å². The fraction of sp³-hybridized carbons (Fsp3) is 0.300. The molecule has 0 aliphatic carbocycles. The van der Waals surface area contributed by atoms with Gasteiger partial charge < -0.3 is 5.32 Å². The van der Waals surface area contributed by atoms with Gasteiger partial charge in [-0.15, -0.1) is 5.10 Å². The third-order valence-electron chi connectivity index (χ3n) is 4.45. The maximum Gasteiger partial charge on any atom is 0.256 e. The van der Waals surface area contributed by atoms with Crippen LogP contribution in [0.3, 0.4) is 0 Å². The SMILES string of the molecule is C[C@H](Cc1ccccn1)N(C)Cc1cccc(C(=O)Nc2cn(C)nn2)c1. The Morgan fingerprint density at radius 3 is 2.81 bits per heavy atom. The maximum atomic E-state index is 12.4. The molecule has 2 aromatic heterocycles. The summed E-state index contributed by atoms with van der Waals surface area (Å²) in [6.07, 6.45) is 4.36. The number of aryl methyl sites for hydroxylation is 1. The van der Waals surface area contributed by atoms with Crippen molar-refractivity contribution in [2.75, 3.05) is 12.4 Å². The summed E-state index contributed by atoms with van der Waals surface area (Å²) in [6, 6.07) is 14.0. The highest BCUT2D eigenvalue weighted by Gasteiger charge is 2.13. The van der Waals surface area contributed by atoms with E-state index >= 15 is 0 Å². The lowest BCUT2D eigenvalue weighted by Crippen LogP contribution is -2.30. The van der Waals surface area contributed by atoms with E-state index in [0.717, 1.165) is 24.2 Å². The number of carbonyl (C=O) groups is 1. The second-order valence-corrected chi connectivity index (χ2v) is 6.72. The number of anilines is 1. The van der Waals surface area contributed by atoms with Crippen LogP contribution in [-0.2, 0) is 20.0 Å². The van der Waals surface area contributed by atoms with Crippen molar-refractivity contribution in [1.29, 1.82) is 0 Å². The minimum Gasteiger partial charge on any atom is -0.304 e. The number of carbonyl (C=O) groups excluding carboxylic acids is 1. The van der Waals surface area contributed by atoms with Crippen LogP contribution in [-0.4, -0.2) is 43.9 Å². The lowest BCUT2D eigenvalue weighted by atomic mass is 10.1. The number of nitrogens with zero attached hydrogens (tertiary/aromatic N) is 5. The average Bonchev–Trinajstić information content (AvgIpc) is 3.07. The Morgan fingerprint density at radius 1 is 1.26 bits per heavy atom. The average molecular weight is 364 g/mol. The molecular formula is C20H24N6O. The zero-order chi connectivity index (χ0) is 19.2. The molecule has 0 spiro atoms. The first-order chi connectivity index (χ1) is 13.0. The fourth-order valence-corrected chi connectivity index (χ4v) is 2.83. The van der Waals surface area contributed by atoms with Crippen LogP contribution < -0.4 is 5.32 Å². The summed E-state index contributed by atoms with van der Waals surface area (Å²) in [5.74, 6) is 0.246. The standard InChI is InChI=1S/C20H24N6O/c1-15(11-18-9-4-5-10-21-18)25(2)13-16-7-6-8-17(12-16)20(27)22-19-14-26(3)24-23-19/h4-10,12,14-15H,11,13H2,1-3H3,(H,22,27)/t15-/m1/s1. The highest BCUT2D eigenvalue weighted by atomic mass is 16.1. The molecule has 3 aromatic rings. The first-order valence-corrected chi connectivity index (χ1v) is 8.88. The van der Waals surface area contributed by atoms with E-state index in [1.165, 1.54) is 0 Å². The minimum absolute atomic E-state index is 0.193. The van der Waals surface area contributed by atoms with Crippen LogP contribution in [0.15, 0.2) is 54.9 Å². The second kappa shape index (κ2) is 8.55. The van der Waals surface area contributed by atoms with E-state index in [2.05, 4.69) is 39.5 Å². The van der Waals surface area contributed by atoms with Gasteiger partial charge in [-0.3, -0.25) is 19.4 Å². The second-order valence-electron chi connectivity index (χ2n) is 6.72. The van der Waals surface area contributed by atoms with Gasteiger partial charge in [-0.2, -0.15) is 0 Å². The van der Waals surface area contributed by atoms with Gasteiger partial charge in [-0.1, -0.05) is 23.4 Å². The first kappa shape index (κ1) is 18.7. The van der Waals surface area contributed by atoms with Gasteiger partial charge in [0.05, 0.1) is 6.20 Å². The van der Waals surface area contributed by atoms with Gasteiger partial charge in [0.2, 0.25) is 0 Å². The molecule has 7 nitrogen and oxygen atoms in total. The summed E-state index contributed by atoms with van der Waals surface area (Å²) in [5.41, 5.74) is 2.76. The Bertz CT molecular complexity index is 892. The van der Waals surface area contributed by atoms with Gasteiger partial charge in [0.15, 0.2) is 5.82 Å². The molecule has 1 aromatic carbocycles. The molecule has 0 saturated carbocycles. The van der Waals surface area contributed by atoms with Crippen molar-refractivity contribution in [3.05, 3.63) is 71.7 Å². The number of rotatable bonds is 7. The molecule has 27 heavy (non-hydrogen) atoms. The van der Waals surface area contributed by atoms with Crippen molar-refractivity contribution in [1.82, 2.24) is 24.9 Å². The maximum absolute atomic E-state index is 12.4. The van der Waals surface area contributed by atoms with E-state index in [1.807, 2.05) is 42.6 Å². The molecule has 3 rings (SSSR count). The smallest absolute Gasteiger partial charge is 0.256 e. The van der Waals surface area contributed by atoms with Crippen LogP contribution in [0.2, 0.25) is 0 Å². The van der Waals surface area contributed by atoms with Gasteiger partial charge in [-0.25, -0.2) is 0 Å². The lowest BCUT2D eigenvalue weighted by Gasteiger charge is -2.24. The third kappa shape index (κ3) is 5.21. The summed E-state index contributed by atoms with van der Waals surface area (Å²) in [6.45, 7) is 2.93. The van der Waals surface area contributed by atoms with Crippen LogP contribution >= 0.6 is 0 Å². The Morgan fingerprint density at radius 2 is 2.11 bits per heavy atom. The summed E-state index contributed by atoms with van der Waals surface area (Å²) in [5, 5.41) is 10.5. The van der Waals surface area contributed by atoms with Crippen LogP contribution in [0.25, 0.3) is 0 Å². The van der Waals surface area contributed by atoms with Crippen molar-refractivity contribution in [2.24, 2.45) is 7.05 Å². The van der Waals surface area contributed by atoms with Crippen molar-refractivity contribution in [3.8, 4) is 0 Å².